The predicted molar refractivity (Wildman–Crippen MR) is 62.8 cm³/mol. The summed E-state index contributed by atoms with van der Waals surface area (Å²) >= 11 is 0. The van der Waals surface area contributed by atoms with E-state index in [4.69, 9.17) is 5.11 Å². The van der Waals surface area contributed by atoms with Gasteiger partial charge in [-0.05, 0) is 37.0 Å². The minimum absolute atomic E-state index is 0.0265. The monoisotopic (exact) mass is 251 g/mol. The Labute approximate surface area is 104 Å². The van der Waals surface area contributed by atoms with Crippen molar-refractivity contribution in [3.05, 3.63) is 35.1 Å². The Hall–Kier alpha value is -1.91. The fraction of sp³-hybridized carbons (Fsp3) is 0.385. The highest BCUT2D eigenvalue weighted by Gasteiger charge is 2.49. The number of rotatable bonds is 4. The Bertz CT molecular complexity index is 509. The summed E-state index contributed by atoms with van der Waals surface area (Å²) in [4.78, 5) is 22.3. The number of halogens is 1. The first-order valence-electron chi connectivity index (χ1n) is 5.72. The molecular weight excluding hydrogens is 237 g/mol. The van der Waals surface area contributed by atoms with Gasteiger partial charge in [-0.2, -0.15) is 0 Å². The number of hydrogen-bond acceptors (Lipinski definition) is 2. The number of amides is 1. The van der Waals surface area contributed by atoms with E-state index in [-0.39, 0.29) is 5.56 Å². The molecule has 1 aromatic rings. The Balaban J connectivity index is 2.20. The molecule has 1 aromatic carbocycles. The van der Waals surface area contributed by atoms with Crippen molar-refractivity contribution < 1.29 is 19.1 Å². The average molecular weight is 251 g/mol. The summed E-state index contributed by atoms with van der Waals surface area (Å²) in [6, 6.07) is 4.24. The summed E-state index contributed by atoms with van der Waals surface area (Å²) in [5.41, 5.74) is -0.137. The highest BCUT2D eigenvalue weighted by Crippen LogP contribution is 2.48. The average Bonchev–Trinajstić information content (AvgIpc) is 3.09. The van der Waals surface area contributed by atoms with Crippen LogP contribution in [0, 0.1) is 11.2 Å². The van der Waals surface area contributed by atoms with Gasteiger partial charge in [0.05, 0.1) is 11.0 Å². The molecule has 1 saturated carbocycles. The standard InChI is InChI=1S/C13H14FNO3/c1-15-11(16)9-3-2-8(6-10(9)14)7-13(4-5-13)12(17)18/h2-3,6H,4-5,7H2,1H3,(H,15,16)(H,17,18). The number of aliphatic carboxylic acids is 1. The number of carboxylic acids is 1. The van der Waals surface area contributed by atoms with Gasteiger partial charge in [-0.25, -0.2) is 4.39 Å². The van der Waals surface area contributed by atoms with Crippen LogP contribution < -0.4 is 5.32 Å². The number of benzene rings is 1. The van der Waals surface area contributed by atoms with Crippen molar-refractivity contribution in [3.8, 4) is 0 Å². The molecule has 0 radical (unpaired) electrons. The first-order valence-corrected chi connectivity index (χ1v) is 5.72. The van der Waals surface area contributed by atoms with Crippen LogP contribution in [0.25, 0.3) is 0 Å². The molecule has 0 heterocycles. The molecule has 5 heteroatoms. The number of hydrogen-bond donors (Lipinski definition) is 2. The van der Waals surface area contributed by atoms with Gasteiger partial charge in [0, 0.05) is 7.05 Å². The topological polar surface area (TPSA) is 66.4 Å². The van der Waals surface area contributed by atoms with Gasteiger partial charge in [0.1, 0.15) is 5.82 Å². The third-order valence-electron chi connectivity index (χ3n) is 3.35. The molecule has 1 aliphatic carbocycles. The predicted octanol–water partition coefficient (Wildman–Crippen LogP) is 1.59. The summed E-state index contributed by atoms with van der Waals surface area (Å²) < 4.78 is 13.7. The minimum Gasteiger partial charge on any atom is -0.481 e. The Morgan fingerprint density at radius 1 is 1.44 bits per heavy atom. The molecule has 18 heavy (non-hydrogen) atoms. The zero-order valence-corrected chi connectivity index (χ0v) is 10.00. The van der Waals surface area contributed by atoms with Crippen molar-refractivity contribution in [1.29, 1.82) is 0 Å². The van der Waals surface area contributed by atoms with Gasteiger partial charge in [-0.3, -0.25) is 9.59 Å². The van der Waals surface area contributed by atoms with Crippen LogP contribution >= 0.6 is 0 Å². The molecule has 1 amide bonds. The summed E-state index contributed by atoms with van der Waals surface area (Å²) in [5.74, 6) is -1.94. The third kappa shape index (κ3) is 2.20. The summed E-state index contributed by atoms with van der Waals surface area (Å²) in [5, 5.41) is 11.4. The molecule has 0 aliphatic heterocycles. The lowest BCUT2D eigenvalue weighted by molar-refractivity contribution is -0.143. The van der Waals surface area contributed by atoms with Crippen LogP contribution in [0.3, 0.4) is 0 Å². The number of nitrogens with one attached hydrogen (secondary N) is 1. The smallest absolute Gasteiger partial charge is 0.309 e. The number of carbonyl (C=O) groups excluding carboxylic acids is 1. The molecule has 0 atom stereocenters. The molecular formula is C13H14FNO3. The van der Waals surface area contributed by atoms with E-state index in [1.54, 1.807) is 6.07 Å². The van der Waals surface area contributed by atoms with Gasteiger partial charge in [-0.1, -0.05) is 6.07 Å². The van der Waals surface area contributed by atoms with Crippen molar-refractivity contribution in [1.82, 2.24) is 5.32 Å². The SMILES string of the molecule is CNC(=O)c1ccc(CC2(C(=O)O)CC2)cc1F. The first-order chi connectivity index (χ1) is 8.48. The van der Waals surface area contributed by atoms with Gasteiger partial charge in [0.25, 0.3) is 5.91 Å². The fourth-order valence-electron chi connectivity index (χ4n) is 2.00. The number of carbonyl (C=O) groups is 2. The second-order valence-electron chi connectivity index (χ2n) is 4.66. The molecule has 0 spiro atoms. The molecule has 2 N–H and O–H groups in total. The van der Waals surface area contributed by atoms with Gasteiger partial charge in [0.15, 0.2) is 0 Å². The van der Waals surface area contributed by atoms with E-state index in [2.05, 4.69) is 5.32 Å². The van der Waals surface area contributed by atoms with Crippen molar-refractivity contribution >= 4 is 11.9 Å². The van der Waals surface area contributed by atoms with Crippen molar-refractivity contribution in [2.24, 2.45) is 5.41 Å². The third-order valence-corrected chi connectivity index (χ3v) is 3.35. The fourth-order valence-corrected chi connectivity index (χ4v) is 2.00. The van der Waals surface area contributed by atoms with E-state index in [1.165, 1.54) is 19.2 Å². The van der Waals surface area contributed by atoms with Crippen LogP contribution in [-0.4, -0.2) is 24.0 Å². The van der Waals surface area contributed by atoms with Crippen molar-refractivity contribution in [2.75, 3.05) is 7.05 Å². The van der Waals surface area contributed by atoms with E-state index < -0.39 is 23.1 Å². The molecule has 4 nitrogen and oxygen atoms in total. The maximum absolute atomic E-state index is 13.7. The van der Waals surface area contributed by atoms with Gasteiger partial charge < -0.3 is 10.4 Å². The van der Waals surface area contributed by atoms with Crippen molar-refractivity contribution in [2.45, 2.75) is 19.3 Å². The van der Waals surface area contributed by atoms with E-state index in [1.807, 2.05) is 0 Å². The lowest BCUT2D eigenvalue weighted by Crippen LogP contribution is -2.20. The first kappa shape index (κ1) is 12.5. The molecule has 1 fully saturated rings. The molecule has 0 aromatic heterocycles. The molecule has 0 unspecified atom stereocenters. The largest absolute Gasteiger partial charge is 0.481 e. The maximum Gasteiger partial charge on any atom is 0.309 e. The van der Waals surface area contributed by atoms with Crippen molar-refractivity contribution in [3.63, 3.8) is 0 Å². The van der Waals surface area contributed by atoms with E-state index in [9.17, 15) is 14.0 Å². The van der Waals surface area contributed by atoms with E-state index in [0.29, 0.717) is 24.8 Å². The van der Waals surface area contributed by atoms with Gasteiger partial charge >= 0.3 is 5.97 Å². The highest BCUT2D eigenvalue weighted by molar-refractivity contribution is 5.94. The van der Waals surface area contributed by atoms with Crippen LogP contribution in [0.4, 0.5) is 4.39 Å². The van der Waals surface area contributed by atoms with Crippen LogP contribution in [0.5, 0.6) is 0 Å². The lowest BCUT2D eigenvalue weighted by atomic mass is 9.96. The molecule has 2 rings (SSSR count). The van der Waals surface area contributed by atoms with Crippen LogP contribution in [0.2, 0.25) is 0 Å². The van der Waals surface area contributed by atoms with Crippen LogP contribution in [0.15, 0.2) is 18.2 Å². The lowest BCUT2D eigenvalue weighted by Gasteiger charge is -2.10. The minimum atomic E-state index is -0.835. The normalized spacial score (nSPS) is 16.1. The second-order valence-corrected chi connectivity index (χ2v) is 4.66. The quantitative estimate of drug-likeness (QED) is 0.854. The van der Waals surface area contributed by atoms with Gasteiger partial charge in [-0.15, -0.1) is 0 Å². The summed E-state index contributed by atoms with van der Waals surface area (Å²) in [6.45, 7) is 0. The summed E-state index contributed by atoms with van der Waals surface area (Å²) in [6.07, 6.45) is 1.57. The number of carboxylic acid groups (broad SMARTS) is 1. The Kier molecular flexibility index (Phi) is 3.07. The van der Waals surface area contributed by atoms with E-state index in [0.717, 1.165) is 0 Å². The highest BCUT2D eigenvalue weighted by atomic mass is 19.1. The van der Waals surface area contributed by atoms with Crippen LogP contribution in [0.1, 0.15) is 28.8 Å². The molecule has 0 bridgehead atoms. The van der Waals surface area contributed by atoms with Gasteiger partial charge in [0.2, 0.25) is 0 Å². The summed E-state index contributed by atoms with van der Waals surface area (Å²) in [7, 11) is 1.43. The molecule has 0 saturated heterocycles. The Morgan fingerprint density at radius 3 is 2.56 bits per heavy atom. The maximum atomic E-state index is 13.7. The zero-order valence-electron chi connectivity index (χ0n) is 10.00. The second kappa shape index (κ2) is 4.40. The Morgan fingerprint density at radius 2 is 2.11 bits per heavy atom. The zero-order chi connectivity index (χ0) is 13.3. The van der Waals surface area contributed by atoms with Crippen LogP contribution in [-0.2, 0) is 11.2 Å². The molecule has 1 aliphatic rings. The molecule has 96 valence electrons. The van der Waals surface area contributed by atoms with E-state index >= 15 is 0 Å².